The van der Waals surface area contributed by atoms with E-state index in [4.69, 9.17) is 5.26 Å². The van der Waals surface area contributed by atoms with Crippen LogP contribution in [0.1, 0.15) is 18.1 Å². The molecule has 1 nitrogen and oxygen atoms in total. The van der Waals surface area contributed by atoms with Crippen LogP contribution in [-0.2, 0) is 5.75 Å². The molecule has 0 saturated heterocycles. The van der Waals surface area contributed by atoms with Gasteiger partial charge in [-0.2, -0.15) is 17.0 Å². The van der Waals surface area contributed by atoms with E-state index in [2.05, 4.69) is 6.92 Å². The van der Waals surface area contributed by atoms with Crippen molar-refractivity contribution in [2.24, 2.45) is 0 Å². The number of rotatable bonds is 3. The molecule has 0 aromatic heterocycles. The average Bonchev–Trinajstić information content (AvgIpc) is 2.15. The molecule has 0 saturated carbocycles. The standard InChI is InChI=1S/C10H10FNS/c1-2-13-7-8-3-4-9(6-12)10(11)5-8/h3-5H,2,7H2,1H3. The first-order chi connectivity index (χ1) is 6.27. The SMILES string of the molecule is CCSCc1ccc(C#N)c(F)c1. The third-order valence-electron chi connectivity index (χ3n) is 1.63. The maximum Gasteiger partial charge on any atom is 0.141 e. The highest BCUT2D eigenvalue weighted by atomic mass is 32.2. The summed E-state index contributed by atoms with van der Waals surface area (Å²) in [5.74, 6) is 1.40. The number of nitriles is 1. The van der Waals surface area contributed by atoms with E-state index in [-0.39, 0.29) is 5.56 Å². The van der Waals surface area contributed by atoms with Crippen LogP contribution in [0.3, 0.4) is 0 Å². The van der Waals surface area contributed by atoms with E-state index in [9.17, 15) is 4.39 Å². The van der Waals surface area contributed by atoms with Crippen LogP contribution in [0.2, 0.25) is 0 Å². The second-order valence-corrected chi connectivity index (χ2v) is 3.84. The fraction of sp³-hybridized carbons (Fsp3) is 0.300. The monoisotopic (exact) mass is 195 g/mol. The summed E-state index contributed by atoms with van der Waals surface area (Å²) in [5, 5.41) is 8.49. The van der Waals surface area contributed by atoms with Crippen LogP contribution in [0.15, 0.2) is 18.2 Å². The number of hydrogen-bond donors (Lipinski definition) is 0. The van der Waals surface area contributed by atoms with Crippen molar-refractivity contribution in [2.75, 3.05) is 5.75 Å². The Morgan fingerprint density at radius 3 is 2.85 bits per heavy atom. The third-order valence-corrected chi connectivity index (χ3v) is 2.57. The van der Waals surface area contributed by atoms with Crippen LogP contribution in [-0.4, -0.2) is 5.75 Å². The summed E-state index contributed by atoms with van der Waals surface area (Å²) in [7, 11) is 0. The largest absolute Gasteiger partial charge is 0.206 e. The minimum Gasteiger partial charge on any atom is -0.206 e. The van der Waals surface area contributed by atoms with Crippen molar-refractivity contribution in [3.05, 3.63) is 35.1 Å². The van der Waals surface area contributed by atoms with Gasteiger partial charge in [0, 0.05) is 5.75 Å². The topological polar surface area (TPSA) is 23.8 Å². The van der Waals surface area contributed by atoms with Crippen LogP contribution in [0.4, 0.5) is 4.39 Å². The van der Waals surface area contributed by atoms with Gasteiger partial charge < -0.3 is 0 Å². The molecule has 1 rings (SSSR count). The zero-order chi connectivity index (χ0) is 9.68. The zero-order valence-electron chi connectivity index (χ0n) is 7.38. The summed E-state index contributed by atoms with van der Waals surface area (Å²) >= 11 is 1.73. The number of hydrogen-bond acceptors (Lipinski definition) is 2. The Morgan fingerprint density at radius 2 is 2.31 bits per heavy atom. The molecule has 13 heavy (non-hydrogen) atoms. The van der Waals surface area contributed by atoms with Crippen molar-refractivity contribution in [2.45, 2.75) is 12.7 Å². The first-order valence-corrected chi connectivity index (χ1v) is 5.19. The van der Waals surface area contributed by atoms with Gasteiger partial charge in [0.25, 0.3) is 0 Å². The van der Waals surface area contributed by atoms with Gasteiger partial charge in [0.15, 0.2) is 0 Å². The Labute approximate surface area is 81.6 Å². The van der Waals surface area contributed by atoms with Crippen molar-refractivity contribution < 1.29 is 4.39 Å². The van der Waals surface area contributed by atoms with E-state index in [1.54, 1.807) is 23.9 Å². The molecule has 1 aromatic carbocycles. The van der Waals surface area contributed by atoms with Gasteiger partial charge in [-0.25, -0.2) is 4.39 Å². The van der Waals surface area contributed by atoms with Gasteiger partial charge in [0.05, 0.1) is 5.56 Å². The summed E-state index contributed by atoms with van der Waals surface area (Å²) < 4.78 is 13.0. The molecule has 0 aliphatic rings. The molecule has 0 unspecified atom stereocenters. The van der Waals surface area contributed by atoms with E-state index >= 15 is 0 Å². The molecule has 68 valence electrons. The van der Waals surface area contributed by atoms with E-state index in [1.807, 2.05) is 0 Å². The van der Waals surface area contributed by atoms with Crippen LogP contribution in [0.5, 0.6) is 0 Å². The second kappa shape index (κ2) is 4.88. The Kier molecular flexibility index (Phi) is 3.78. The maximum absolute atomic E-state index is 13.0. The molecule has 0 N–H and O–H groups in total. The molecular formula is C10H10FNS. The number of thioether (sulfide) groups is 1. The molecule has 0 atom stereocenters. The van der Waals surface area contributed by atoms with Crippen molar-refractivity contribution in [1.82, 2.24) is 0 Å². The first kappa shape index (κ1) is 10.1. The minimum atomic E-state index is -0.420. The molecule has 0 bridgehead atoms. The molecule has 0 radical (unpaired) electrons. The summed E-state index contributed by atoms with van der Waals surface area (Å²) in [6.45, 7) is 2.06. The Hall–Kier alpha value is -1.01. The molecule has 0 heterocycles. The first-order valence-electron chi connectivity index (χ1n) is 4.04. The number of nitrogens with zero attached hydrogens (tertiary/aromatic N) is 1. The fourth-order valence-electron chi connectivity index (χ4n) is 0.959. The van der Waals surface area contributed by atoms with Crippen molar-refractivity contribution >= 4 is 11.8 Å². The third kappa shape index (κ3) is 2.74. The normalized spacial score (nSPS) is 9.62. The van der Waals surface area contributed by atoms with Crippen molar-refractivity contribution in [3.8, 4) is 6.07 Å². The second-order valence-electron chi connectivity index (χ2n) is 2.56. The summed E-state index contributed by atoms with van der Waals surface area (Å²) in [6.07, 6.45) is 0. The highest BCUT2D eigenvalue weighted by Gasteiger charge is 2.01. The average molecular weight is 195 g/mol. The van der Waals surface area contributed by atoms with Gasteiger partial charge in [0.1, 0.15) is 11.9 Å². The van der Waals surface area contributed by atoms with Gasteiger partial charge in [-0.3, -0.25) is 0 Å². The Balaban J connectivity index is 2.79. The molecule has 3 heteroatoms. The lowest BCUT2D eigenvalue weighted by Gasteiger charge is -2.00. The van der Waals surface area contributed by atoms with E-state index < -0.39 is 5.82 Å². The maximum atomic E-state index is 13.0. The lowest BCUT2D eigenvalue weighted by Crippen LogP contribution is -1.87. The van der Waals surface area contributed by atoms with Gasteiger partial charge >= 0.3 is 0 Å². The summed E-state index contributed by atoms with van der Waals surface area (Å²) in [5.41, 5.74) is 1.05. The lowest BCUT2D eigenvalue weighted by molar-refractivity contribution is 0.622. The highest BCUT2D eigenvalue weighted by Crippen LogP contribution is 2.15. The Bertz CT molecular complexity index is 330. The molecule has 0 aliphatic carbocycles. The molecule has 0 fully saturated rings. The van der Waals surface area contributed by atoms with Crippen LogP contribution < -0.4 is 0 Å². The van der Waals surface area contributed by atoms with Gasteiger partial charge in [-0.15, -0.1) is 0 Å². The summed E-state index contributed by atoms with van der Waals surface area (Å²) in [6, 6.07) is 6.55. The predicted molar refractivity (Wildman–Crippen MR) is 53.0 cm³/mol. The molecular weight excluding hydrogens is 185 g/mol. The zero-order valence-corrected chi connectivity index (χ0v) is 8.20. The lowest BCUT2D eigenvalue weighted by atomic mass is 10.1. The van der Waals surface area contributed by atoms with E-state index in [0.717, 1.165) is 17.1 Å². The predicted octanol–water partition coefficient (Wildman–Crippen LogP) is 2.95. The Morgan fingerprint density at radius 1 is 1.54 bits per heavy atom. The minimum absolute atomic E-state index is 0.116. The van der Waals surface area contributed by atoms with Crippen LogP contribution >= 0.6 is 11.8 Å². The van der Waals surface area contributed by atoms with Gasteiger partial charge in [0.2, 0.25) is 0 Å². The van der Waals surface area contributed by atoms with Crippen molar-refractivity contribution in [3.63, 3.8) is 0 Å². The smallest absolute Gasteiger partial charge is 0.141 e. The molecule has 1 aromatic rings. The molecule has 0 spiro atoms. The fourth-order valence-corrected chi connectivity index (χ4v) is 1.58. The van der Waals surface area contributed by atoms with Crippen LogP contribution in [0, 0.1) is 17.1 Å². The van der Waals surface area contributed by atoms with E-state index in [1.165, 1.54) is 12.1 Å². The van der Waals surface area contributed by atoms with Gasteiger partial charge in [-0.05, 0) is 23.4 Å². The molecule has 0 amide bonds. The van der Waals surface area contributed by atoms with Crippen LogP contribution in [0.25, 0.3) is 0 Å². The number of halogens is 1. The highest BCUT2D eigenvalue weighted by molar-refractivity contribution is 7.98. The van der Waals surface area contributed by atoms with Crippen molar-refractivity contribution in [1.29, 1.82) is 5.26 Å². The quantitative estimate of drug-likeness (QED) is 0.740. The van der Waals surface area contributed by atoms with E-state index in [0.29, 0.717) is 0 Å². The summed E-state index contributed by atoms with van der Waals surface area (Å²) in [4.78, 5) is 0. The van der Waals surface area contributed by atoms with Gasteiger partial charge in [-0.1, -0.05) is 13.0 Å². The molecule has 0 aliphatic heterocycles. The number of benzene rings is 1.